The van der Waals surface area contributed by atoms with Crippen molar-refractivity contribution in [2.75, 3.05) is 0 Å². The van der Waals surface area contributed by atoms with Gasteiger partial charge >= 0.3 is 11.9 Å². The lowest BCUT2D eigenvalue weighted by Gasteiger charge is -2.19. The van der Waals surface area contributed by atoms with Gasteiger partial charge < -0.3 is 19.7 Å². The molecule has 2 rings (SSSR count). The van der Waals surface area contributed by atoms with Gasteiger partial charge in [-0.05, 0) is 5.56 Å². The summed E-state index contributed by atoms with van der Waals surface area (Å²) < 4.78 is 10.4. The molecule has 31 heavy (non-hydrogen) atoms. The summed E-state index contributed by atoms with van der Waals surface area (Å²) in [4.78, 5) is 50.1. The number of rotatable bonds is 9. The van der Waals surface area contributed by atoms with E-state index >= 15 is 0 Å². The van der Waals surface area contributed by atoms with Crippen molar-refractivity contribution < 1.29 is 38.9 Å². The molecule has 0 amide bonds. The van der Waals surface area contributed by atoms with Gasteiger partial charge in [-0.3, -0.25) is 14.4 Å². The fourth-order valence-electron chi connectivity index (χ4n) is 2.88. The quantitative estimate of drug-likeness (QED) is 0.266. The number of ether oxygens (including phenoxy) is 2. The third-order valence-electron chi connectivity index (χ3n) is 4.52. The molecule has 0 fully saturated rings. The predicted molar refractivity (Wildman–Crippen MR) is 111 cm³/mol. The summed E-state index contributed by atoms with van der Waals surface area (Å²) in [6.07, 6.45) is -0.344. The van der Waals surface area contributed by atoms with Crippen LogP contribution in [0.2, 0.25) is 0 Å². The number of ketones is 2. The lowest BCUT2D eigenvalue weighted by atomic mass is 9.91. The number of carbonyl (C=O) groups excluding carboxylic acids is 4. The molecule has 0 aliphatic rings. The van der Waals surface area contributed by atoms with Gasteiger partial charge in [0.25, 0.3) is 0 Å². The second kappa shape index (κ2) is 10.4. The van der Waals surface area contributed by atoms with Crippen molar-refractivity contribution in [2.24, 2.45) is 0 Å². The summed E-state index contributed by atoms with van der Waals surface area (Å²) in [7, 11) is 0. The van der Waals surface area contributed by atoms with Gasteiger partial charge in [0.2, 0.25) is 5.75 Å². The van der Waals surface area contributed by atoms with Gasteiger partial charge in [-0.2, -0.15) is 0 Å². The highest BCUT2D eigenvalue weighted by Gasteiger charge is 2.35. The molecule has 0 saturated heterocycles. The molecule has 0 atom stereocenters. The Hall–Kier alpha value is -3.68. The van der Waals surface area contributed by atoms with E-state index in [1.807, 2.05) is 0 Å². The van der Waals surface area contributed by atoms with E-state index in [1.54, 1.807) is 30.3 Å². The first kappa shape index (κ1) is 23.6. The van der Waals surface area contributed by atoms with Crippen LogP contribution in [0.3, 0.4) is 0 Å². The maximum Gasteiger partial charge on any atom is 0.340 e. The van der Waals surface area contributed by atoms with Gasteiger partial charge in [0.15, 0.2) is 23.1 Å². The van der Waals surface area contributed by atoms with Crippen LogP contribution in [-0.2, 0) is 16.1 Å². The fraction of sp³-hybridized carbons (Fsp3) is 0.304. The predicted octanol–water partition coefficient (Wildman–Crippen LogP) is 3.96. The van der Waals surface area contributed by atoms with E-state index in [1.165, 1.54) is 20.8 Å². The first-order valence-corrected chi connectivity index (χ1v) is 9.86. The molecule has 0 bridgehead atoms. The van der Waals surface area contributed by atoms with Crippen LogP contribution in [-0.4, -0.2) is 33.7 Å². The fourth-order valence-corrected chi connectivity index (χ4v) is 2.88. The SMILES string of the molecule is CCC(=O)Oc1c(O)c(O)c(C(=O)CC)c(C(=O)OCc2ccccc2)c1C(=O)CC. The molecule has 0 saturated carbocycles. The largest absolute Gasteiger partial charge is 0.504 e. The number of phenols is 2. The highest BCUT2D eigenvalue weighted by molar-refractivity contribution is 6.17. The molecule has 2 aromatic rings. The van der Waals surface area contributed by atoms with Crippen molar-refractivity contribution >= 4 is 23.5 Å². The number of hydrogen-bond acceptors (Lipinski definition) is 8. The lowest BCUT2D eigenvalue weighted by Crippen LogP contribution is -2.20. The third-order valence-corrected chi connectivity index (χ3v) is 4.52. The zero-order valence-corrected chi connectivity index (χ0v) is 17.6. The standard InChI is InChI=1S/C23H24O8/c1-4-14(24)17-19(23(29)30-12-13-10-8-7-9-11-13)18(15(25)5-2)22(21(28)20(17)27)31-16(26)6-3/h7-11,27-28H,4-6,12H2,1-3H3. The Bertz CT molecular complexity index is 1010. The molecular formula is C23H24O8. The Balaban J connectivity index is 2.73. The van der Waals surface area contributed by atoms with Crippen LogP contribution < -0.4 is 4.74 Å². The summed E-state index contributed by atoms with van der Waals surface area (Å²) in [5, 5.41) is 20.9. The number of benzene rings is 2. The molecule has 0 radical (unpaired) electrons. The van der Waals surface area contributed by atoms with E-state index in [9.17, 15) is 29.4 Å². The van der Waals surface area contributed by atoms with Crippen LogP contribution in [0.15, 0.2) is 30.3 Å². The second-order valence-corrected chi connectivity index (χ2v) is 6.59. The summed E-state index contributed by atoms with van der Waals surface area (Å²) in [5.74, 6) is -5.83. The van der Waals surface area contributed by atoms with Gasteiger partial charge in [0.05, 0.1) is 16.7 Å². The zero-order valence-electron chi connectivity index (χ0n) is 17.6. The number of carbonyl (C=O) groups is 4. The maximum atomic E-state index is 13.0. The molecule has 8 nitrogen and oxygen atoms in total. The van der Waals surface area contributed by atoms with Gasteiger partial charge in [-0.15, -0.1) is 0 Å². The third kappa shape index (κ3) is 5.09. The van der Waals surface area contributed by atoms with Crippen LogP contribution in [0, 0.1) is 0 Å². The monoisotopic (exact) mass is 428 g/mol. The Morgan fingerprint density at radius 1 is 0.774 bits per heavy atom. The van der Waals surface area contributed by atoms with Crippen LogP contribution in [0.25, 0.3) is 0 Å². The number of esters is 2. The molecule has 2 aromatic carbocycles. The number of hydrogen-bond donors (Lipinski definition) is 2. The van der Waals surface area contributed by atoms with E-state index in [0.717, 1.165) is 0 Å². The Morgan fingerprint density at radius 3 is 1.90 bits per heavy atom. The van der Waals surface area contributed by atoms with Crippen LogP contribution in [0.4, 0.5) is 0 Å². The molecule has 2 N–H and O–H groups in total. The second-order valence-electron chi connectivity index (χ2n) is 6.59. The number of phenolic OH excluding ortho intramolecular Hbond substituents is 2. The molecular weight excluding hydrogens is 404 g/mol. The first-order valence-electron chi connectivity index (χ1n) is 9.86. The maximum absolute atomic E-state index is 13.0. The van der Waals surface area contributed by atoms with Gasteiger partial charge in [0, 0.05) is 19.3 Å². The number of Topliss-reactive ketones (excluding diaryl/α,β-unsaturated/α-hetero) is 2. The molecule has 0 aliphatic carbocycles. The van der Waals surface area contributed by atoms with Crippen molar-refractivity contribution in [1.82, 2.24) is 0 Å². The Morgan fingerprint density at radius 2 is 1.35 bits per heavy atom. The van der Waals surface area contributed by atoms with Crippen LogP contribution in [0.1, 0.15) is 76.7 Å². The van der Waals surface area contributed by atoms with Crippen molar-refractivity contribution in [2.45, 2.75) is 46.6 Å². The van der Waals surface area contributed by atoms with Crippen LogP contribution >= 0.6 is 0 Å². The van der Waals surface area contributed by atoms with E-state index in [4.69, 9.17) is 9.47 Å². The molecule has 0 unspecified atom stereocenters. The van der Waals surface area contributed by atoms with E-state index in [0.29, 0.717) is 5.56 Å². The van der Waals surface area contributed by atoms with Gasteiger partial charge in [-0.25, -0.2) is 4.79 Å². The molecule has 164 valence electrons. The van der Waals surface area contributed by atoms with E-state index < -0.39 is 57.4 Å². The highest BCUT2D eigenvalue weighted by atomic mass is 16.5. The lowest BCUT2D eigenvalue weighted by molar-refractivity contribution is -0.134. The average molecular weight is 428 g/mol. The molecule has 0 spiro atoms. The summed E-state index contributed by atoms with van der Waals surface area (Å²) in [5.41, 5.74) is -0.910. The highest BCUT2D eigenvalue weighted by Crippen LogP contribution is 2.45. The van der Waals surface area contributed by atoms with Crippen molar-refractivity contribution in [3.05, 3.63) is 52.6 Å². The minimum atomic E-state index is -1.07. The van der Waals surface area contributed by atoms with Crippen molar-refractivity contribution in [3.63, 3.8) is 0 Å². The molecule has 8 heteroatoms. The molecule has 0 aromatic heterocycles. The summed E-state index contributed by atoms with van der Waals surface area (Å²) in [6.45, 7) is 4.32. The summed E-state index contributed by atoms with van der Waals surface area (Å²) >= 11 is 0. The van der Waals surface area contributed by atoms with Crippen molar-refractivity contribution in [3.8, 4) is 17.2 Å². The summed E-state index contributed by atoms with van der Waals surface area (Å²) in [6, 6.07) is 8.71. The van der Waals surface area contributed by atoms with E-state index in [2.05, 4.69) is 0 Å². The smallest absolute Gasteiger partial charge is 0.340 e. The van der Waals surface area contributed by atoms with Gasteiger partial charge in [0.1, 0.15) is 6.61 Å². The van der Waals surface area contributed by atoms with Gasteiger partial charge in [-0.1, -0.05) is 51.1 Å². The topological polar surface area (TPSA) is 127 Å². The van der Waals surface area contributed by atoms with Crippen LogP contribution in [0.5, 0.6) is 17.2 Å². The Labute approximate surface area is 179 Å². The van der Waals surface area contributed by atoms with Crippen molar-refractivity contribution in [1.29, 1.82) is 0 Å². The first-order chi connectivity index (χ1) is 14.8. The molecule has 0 heterocycles. The minimum absolute atomic E-state index is 0.0939. The normalized spacial score (nSPS) is 10.4. The Kier molecular flexibility index (Phi) is 7.90. The average Bonchev–Trinajstić information content (AvgIpc) is 2.79. The minimum Gasteiger partial charge on any atom is -0.504 e. The number of aromatic hydroxyl groups is 2. The zero-order chi connectivity index (χ0) is 23.1. The van der Waals surface area contributed by atoms with E-state index in [-0.39, 0.29) is 25.9 Å². The molecule has 0 aliphatic heterocycles.